The fraction of sp³-hybridized carbons (Fsp3) is 0.600. The van der Waals surface area contributed by atoms with E-state index in [1.807, 2.05) is 6.92 Å². The monoisotopic (exact) mass is 343 g/mol. The fourth-order valence-electron chi connectivity index (χ4n) is 4.40. The lowest BCUT2D eigenvalue weighted by atomic mass is 9.67. The molecule has 136 valence electrons. The van der Waals surface area contributed by atoms with Gasteiger partial charge in [0.2, 0.25) is 0 Å². The number of fused-ring (bicyclic) bond motifs is 2. The van der Waals surface area contributed by atoms with Gasteiger partial charge in [-0.05, 0) is 62.1 Å². The molecule has 2 bridgehead atoms. The number of amides is 2. The van der Waals surface area contributed by atoms with Crippen LogP contribution in [0.25, 0.3) is 0 Å². The van der Waals surface area contributed by atoms with Gasteiger partial charge in [-0.25, -0.2) is 0 Å². The van der Waals surface area contributed by atoms with E-state index >= 15 is 0 Å². The van der Waals surface area contributed by atoms with E-state index in [0.29, 0.717) is 29.5 Å². The third-order valence-electron chi connectivity index (χ3n) is 5.60. The highest BCUT2D eigenvalue weighted by Gasteiger charge is 2.39. The smallest absolute Gasteiger partial charge is 0.251 e. The zero-order valence-electron chi connectivity index (χ0n) is 15.0. The Kier molecular flexibility index (Phi) is 5.74. The molecule has 2 aliphatic carbocycles. The molecule has 0 heterocycles. The summed E-state index contributed by atoms with van der Waals surface area (Å²) in [5, 5.41) is 6.09. The van der Waals surface area contributed by atoms with Gasteiger partial charge in [-0.1, -0.05) is 19.4 Å². The SMILES string of the molecule is CCCNC(=O)c1cccc(C(=O)NC2C3CCCC2CC(N)C3)c1. The highest BCUT2D eigenvalue weighted by Crippen LogP contribution is 2.39. The standard InChI is InChI=1S/C20H29N3O2/c1-2-9-22-19(24)15-7-4-8-16(10-15)20(25)23-18-13-5-3-6-14(18)12-17(21)11-13/h4,7-8,10,13-14,17-18H,2-3,5-6,9,11-12,21H2,1H3,(H,22,24)(H,23,25). The minimum Gasteiger partial charge on any atom is -0.352 e. The van der Waals surface area contributed by atoms with Crippen molar-refractivity contribution in [2.45, 2.75) is 57.5 Å². The Morgan fingerprint density at radius 2 is 1.76 bits per heavy atom. The minimum absolute atomic E-state index is 0.0810. The molecule has 4 N–H and O–H groups in total. The summed E-state index contributed by atoms with van der Waals surface area (Å²) in [6.45, 7) is 2.65. The van der Waals surface area contributed by atoms with Crippen LogP contribution in [-0.4, -0.2) is 30.4 Å². The normalized spacial score (nSPS) is 28.2. The zero-order chi connectivity index (χ0) is 17.8. The van der Waals surface area contributed by atoms with Gasteiger partial charge in [-0.2, -0.15) is 0 Å². The van der Waals surface area contributed by atoms with Crippen molar-refractivity contribution in [2.75, 3.05) is 6.54 Å². The molecule has 2 atom stereocenters. The summed E-state index contributed by atoms with van der Waals surface area (Å²) in [5.41, 5.74) is 7.25. The van der Waals surface area contributed by atoms with Gasteiger partial charge in [0.05, 0.1) is 0 Å². The van der Waals surface area contributed by atoms with Crippen molar-refractivity contribution in [3.8, 4) is 0 Å². The van der Waals surface area contributed by atoms with Gasteiger partial charge >= 0.3 is 0 Å². The van der Waals surface area contributed by atoms with Crippen molar-refractivity contribution < 1.29 is 9.59 Å². The molecule has 0 spiro atoms. The van der Waals surface area contributed by atoms with Crippen LogP contribution >= 0.6 is 0 Å². The average molecular weight is 343 g/mol. The second-order valence-electron chi connectivity index (χ2n) is 7.52. The van der Waals surface area contributed by atoms with Crippen LogP contribution in [-0.2, 0) is 0 Å². The molecule has 2 unspecified atom stereocenters. The quantitative estimate of drug-likeness (QED) is 0.768. The second kappa shape index (κ2) is 8.00. The minimum atomic E-state index is -0.128. The van der Waals surface area contributed by atoms with Gasteiger partial charge in [0.25, 0.3) is 11.8 Å². The molecule has 0 aromatic heterocycles. The lowest BCUT2D eigenvalue weighted by Gasteiger charge is -2.45. The Bertz CT molecular complexity index is 617. The maximum absolute atomic E-state index is 12.7. The van der Waals surface area contributed by atoms with Gasteiger partial charge in [-0.15, -0.1) is 0 Å². The van der Waals surface area contributed by atoms with Gasteiger partial charge in [0.15, 0.2) is 0 Å². The van der Waals surface area contributed by atoms with Crippen molar-refractivity contribution in [1.29, 1.82) is 0 Å². The molecular weight excluding hydrogens is 314 g/mol. The van der Waals surface area contributed by atoms with Crippen molar-refractivity contribution in [3.05, 3.63) is 35.4 Å². The Hall–Kier alpha value is -1.88. The molecule has 2 amide bonds. The first-order valence-corrected chi connectivity index (χ1v) is 9.53. The summed E-state index contributed by atoms with van der Waals surface area (Å²) in [6, 6.07) is 7.47. The van der Waals surface area contributed by atoms with Gasteiger partial charge in [0.1, 0.15) is 0 Å². The molecule has 25 heavy (non-hydrogen) atoms. The summed E-state index contributed by atoms with van der Waals surface area (Å²) < 4.78 is 0. The summed E-state index contributed by atoms with van der Waals surface area (Å²) >= 11 is 0. The van der Waals surface area contributed by atoms with Crippen molar-refractivity contribution in [2.24, 2.45) is 17.6 Å². The topological polar surface area (TPSA) is 84.2 Å². The van der Waals surface area contributed by atoms with Crippen LogP contribution in [0.3, 0.4) is 0 Å². The molecular formula is C20H29N3O2. The number of carbonyl (C=O) groups excluding carboxylic acids is 2. The third kappa shape index (κ3) is 4.21. The molecule has 2 saturated carbocycles. The Morgan fingerprint density at radius 1 is 1.12 bits per heavy atom. The van der Waals surface area contributed by atoms with Crippen LogP contribution < -0.4 is 16.4 Å². The molecule has 1 aromatic rings. The van der Waals surface area contributed by atoms with Crippen molar-refractivity contribution >= 4 is 11.8 Å². The highest BCUT2D eigenvalue weighted by molar-refractivity contribution is 5.99. The Balaban J connectivity index is 1.68. The molecule has 3 rings (SSSR count). The fourth-order valence-corrected chi connectivity index (χ4v) is 4.40. The van der Waals surface area contributed by atoms with Gasteiger partial charge < -0.3 is 16.4 Å². The third-order valence-corrected chi connectivity index (χ3v) is 5.60. The van der Waals surface area contributed by atoms with Crippen LogP contribution in [0, 0.1) is 11.8 Å². The zero-order valence-corrected chi connectivity index (χ0v) is 15.0. The summed E-state index contributed by atoms with van der Waals surface area (Å²) in [7, 11) is 0. The Morgan fingerprint density at radius 3 is 2.40 bits per heavy atom. The number of nitrogens with one attached hydrogen (secondary N) is 2. The number of nitrogens with two attached hydrogens (primary N) is 1. The van der Waals surface area contributed by atoms with E-state index in [9.17, 15) is 9.59 Å². The number of rotatable bonds is 5. The van der Waals surface area contributed by atoms with Crippen LogP contribution in [0.1, 0.15) is 66.2 Å². The molecule has 5 nitrogen and oxygen atoms in total. The van der Waals surface area contributed by atoms with Crippen LogP contribution in [0.4, 0.5) is 0 Å². The van der Waals surface area contributed by atoms with E-state index in [-0.39, 0.29) is 23.9 Å². The average Bonchev–Trinajstić information content (AvgIpc) is 2.60. The first kappa shape index (κ1) is 17.9. The maximum Gasteiger partial charge on any atom is 0.251 e. The second-order valence-corrected chi connectivity index (χ2v) is 7.52. The molecule has 1 aromatic carbocycles. The van der Waals surface area contributed by atoms with Crippen LogP contribution in [0.15, 0.2) is 24.3 Å². The van der Waals surface area contributed by atoms with E-state index in [4.69, 9.17) is 5.73 Å². The molecule has 0 radical (unpaired) electrons. The molecule has 2 aliphatic rings. The van der Waals surface area contributed by atoms with Crippen molar-refractivity contribution in [3.63, 3.8) is 0 Å². The summed E-state index contributed by atoms with van der Waals surface area (Å²) in [6.07, 6.45) is 6.42. The lowest BCUT2D eigenvalue weighted by molar-refractivity contribution is 0.0756. The molecule has 0 saturated heterocycles. The highest BCUT2D eigenvalue weighted by atomic mass is 16.2. The van der Waals surface area contributed by atoms with Crippen LogP contribution in [0.5, 0.6) is 0 Å². The predicted octanol–water partition coefficient (Wildman–Crippen LogP) is 2.46. The molecule has 0 aliphatic heterocycles. The van der Waals surface area contributed by atoms with Crippen LogP contribution in [0.2, 0.25) is 0 Å². The van der Waals surface area contributed by atoms with E-state index in [0.717, 1.165) is 32.1 Å². The summed E-state index contributed by atoms with van der Waals surface area (Å²) in [4.78, 5) is 24.8. The summed E-state index contributed by atoms with van der Waals surface area (Å²) in [5.74, 6) is 0.768. The van der Waals surface area contributed by atoms with Gasteiger partial charge in [0, 0.05) is 29.8 Å². The van der Waals surface area contributed by atoms with Gasteiger partial charge in [-0.3, -0.25) is 9.59 Å². The Labute approximate surface area is 149 Å². The first-order chi connectivity index (χ1) is 12.1. The van der Waals surface area contributed by atoms with E-state index < -0.39 is 0 Å². The van der Waals surface area contributed by atoms with Crippen molar-refractivity contribution in [1.82, 2.24) is 10.6 Å². The number of hydrogen-bond acceptors (Lipinski definition) is 3. The van der Waals surface area contributed by atoms with E-state index in [1.54, 1.807) is 24.3 Å². The molecule has 2 fully saturated rings. The molecule has 5 heteroatoms. The largest absolute Gasteiger partial charge is 0.352 e. The van der Waals surface area contributed by atoms with E-state index in [2.05, 4.69) is 10.6 Å². The lowest BCUT2D eigenvalue weighted by Crippen LogP contribution is -2.53. The number of hydrogen-bond donors (Lipinski definition) is 3. The predicted molar refractivity (Wildman–Crippen MR) is 98.4 cm³/mol. The van der Waals surface area contributed by atoms with E-state index in [1.165, 1.54) is 6.42 Å². The first-order valence-electron chi connectivity index (χ1n) is 9.53. The number of benzene rings is 1. The number of carbonyl (C=O) groups is 2. The maximum atomic E-state index is 12.7.